The van der Waals surface area contributed by atoms with Gasteiger partial charge in [-0.3, -0.25) is 9.59 Å². The number of hydrogen-bond donors (Lipinski definition) is 4. The molecule has 0 heterocycles. The fourth-order valence-corrected chi connectivity index (χ4v) is 3.96. The van der Waals surface area contributed by atoms with E-state index >= 15 is 0 Å². The molecule has 6 N–H and O–H groups in total. The Kier molecular flexibility index (Phi) is 16.6. The monoisotopic (exact) mass is 559 g/mol. The Bertz CT molecular complexity index is 852. The number of rotatable bonds is 18. The lowest BCUT2D eigenvalue weighted by atomic mass is 9.82. The molecule has 0 aromatic heterocycles. The molecular formula is C28H50ClN3O6. The van der Waals surface area contributed by atoms with Crippen molar-refractivity contribution in [2.75, 3.05) is 34.0 Å². The van der Waals surface area contributed by atoms with Crippen LogP contribution < -0.4 is 26.3 Å². The fourth-order valence-electron chi connectivity index (χ4n) is 3.96. The minimum atomic E-state index is -0.842. The average Bonchev–Trinajstić information content (AvgIpc) is 2.84. The smallest absolute Gasteiger partial charge is 0.224 e. The number of aliphatic hydroxyl groups is 1. The van der Waals surface area contributed by atoms with Gasteiger partial charge in [-0.25, -0.2) is 0 Å². The van der Waals surface area contributed by atoms with Gasteiger partial charge >= 0.3 is 0 Å². The zero-order valence-corrected chi connectivity index (χ0v) is 24.9. The van der Waals surface area contributed by atoms with Gasteiger partial charge in [0.1, 0.15) is 0 Å². The highest BCUT2D eigenvalue weighted by Gasteiger charge is 2.29. The van der Waals surface area contributed by atoms with E-state index in [0.717, 1.165) is 18.4 Å². The summed E-state index contributed by atoms with van der Waals surface area (Å²) in [5.41, 5.74) is 12.0. The lowest BCUT2D eigenvalue weighted by molar-refractivity contribution is -0.128. The van der Waals surface area contributed by atoms with Crippen LogP contribution in [0.5, 0.6) is 11.5 Å². The van der Waals surface area contributed by atoms with Crippen molar-refractivity contribution < 1.29 is 28.9 Å². The normalized spacial score (nSPS) is 14.7. The maximum Gasteiger partial charge on any atom is 0.224 e. The van der Waals surface area contributed by atoms with Crippen LogP contribution in [0.1, 0.15) is 59.4 Å². The van der Waals surface area contributed by atoms with Gasteiger partial charge in [0.15, 0.2) is 11.5 Å². The third-order valence-corrected chi connectivity index (χ3v) is 6.90. The molecule has 0 saturated carbocycles. The Morgan fingerprint density at radius 3 is 2.29 bits per heavy atom. The molecule has 38 heavy (non-hydrogen) atoms. The summed E-state index contributed by atoms with van der Waals surface area (Å²) in [6.45, 7) is 10.7. The first-order chi connectivity index (χ1) is 17.3. The summed E-state index contributed by atoms with van der Waals surface area (Å²) in [5, 5.41) is 13.5. The third-order valence-electron chi connectivity index (χ3n) is 6.90. The van der Waals surface area contributed by atoms with Crippen LogP contribution in [0.3, 0.4) is 0 Å². The molecule has 0 saturated heterocycles. The van der Waals surface area contributed by atoms with E-state index in [-0.39, 0.29) is 37.2 Å². The minimum absolute atomic E-state index is 0. The molecule has 2 amide bonds. The molecule has 0 unspecified atom stereocenters. The number of nitrogens with two attached hydrogens (primary N) is 2. The summed E-state index contributed by atoms with van der Waals surface area (Å²) in [6, 6.07) is 5.46. The number of aliphatic hydroxyl groups excluding tert-OH is 1. The summed E-state index contributed by atoms with van der Waals surface area (Å²) < 4.78 is 16.4. The molecule has 1 rings (SSSR count). The molecule has 0 radical (unpaired) electrons. The van der Waals surface area contributed by atoms with Gasteiger partial charge in [0, 0.05) is 38.6 Å². The molecule has 0 fully saturated rings. The number of methoxy groups -OCH3 is 2. The molecule has 9 nitrogen and oxygen atoms in total. The number of halogens is 1. The molecule has 0 aliphatic heterocycles. The number of carbonyl (C=O) groups is 2. The molecule has 1 aromatic rings. The highest BCUT2D eigenvalue weighted by Crippen LogP contribution is 2.31. The van der Waals surface area contributed by atoms with E-state index in [9.17, 15) is 14.7 Å². The molecule has 0 aliphatic rings. The van der Waals surface area contributed by atoms with Crippen molar-refractivity contribution in [2.45, 2.75) is 72.4 Å². The van der Waals surface area contributed by atoms with Crippen molar-refractivity contribution in [3.63, 3.8) is 0 Å². The molecule has 1 aromatic carbocycles. The number of hydrogen-bond acceptors (Lipinski definition) is 7. The number of ether oxygens (including phenoxy) is 3. The van der Waals surface area contributed by atoms with E-state index in [2.05, 4.69) is 19.2 Å². The highest BCUT2D eigenvalue weighted by atomic mass is 35.5. The Morgan fingerprint density at radius 2 is 1.74 bits per heavy atom. The lowest BCUT2D eigenvalue weighted by Crippen LogP contribution is -2.45. The van der Waals surface area contributed by atoms with Gasteiger partial charge in [0.2, 0.25) is 11.8 Å². The summed E-state index contributed by atoms with van der Waals surface area (Å²) in [5.74, 6) is 0.758. The topological polar surface area (TPSA) is 146 Å². The average molecular weight is 560 g/mol. The molecule has 0 spiro atoms. The number of benzene rings is 1. The van der Waals surface area contributed by atoms with Crippen molar-refractivity contribution in [3.05, 3.63) is 23.8 Å². The van der Waals surface area contributed by atoms with E-state index in [1.165, 1.54) is 0 Å². The van der Waals surface area contributed by atoms with Gasteiger partial charge in [-0.15, -0.1) is 12.4 Å². The van der Waals surface area contributed by atoms with E-state index in [1.807, 2.05) is 18.2 Å². The maximum atomic E-state index is 12.5. The fraction of sp³-hybridized carbons (Fsp3) is 0.714. The largest absolute Gasteiger partial charge is 0.493 e. The number of primary amides is 1. The second-order valence-electron chi connectivity index (χ2n) is 11.0. The second kappa shape index (κ2) is 17.5. The van der Waals surface area contributed by atoms with Gasteiger partial charge in [0.05, 0.1) is 25.2 Å². The Morgan fingerprint density at radius 1 is 1.08 bits per heavy atom. The maximum absolute atomic E-state index is 12.5. The molecule has 220 valence electrons. The predicted molar refractivity (Wildman–Crippen MR) is 153 cm³/mol. The first-order valence-corrected chi connectivity index (χ1v) is 13.1. The lowest BCUT2D eigenvalue weighted by Gasteiger charge is -2.29. The van der Waals surface area contributed by atoms with Crippen LogP contribution in [0.15, 0.2) is 18.2 Å². The molecule has 0 bridgehead atoms. The Balaban J connectivity index is 0.0000137. The molecule has 0 aliphatic carbocycles. The van der Waals surface area contributed by atoms with Crippen LogP contribution in [-0.2, 0) is 20.7 Å². The van der Waals surface area contributed by atoms with Crippen LogP contribution in [0.4, 0.5) is 0 Å². The number of carbonyl (C=O) groups excluding carboxylic acids is 2. The van der Waals surface area contributed by atoms with E-state index in [4.69, 9.17) is 25.7 Å². The molecule has 4 atom stereocenters. The van der Waals surface area contributed by atoms with Gasteiger partial charge in [-0.2, -0.15) is 0 Å². The van der Waals surface area contributed by atoms with Crippen LogP contribution in [0.2, 0.25) is 0 Å². The minimum Gasteiger partial charge on any atom is -0.493 e. The molecular weight excluding hydrogens is 510 g/mol. The van der Waals surface area contributed by atoms with E-state index < -0.39 is 29.4 Å². The first-order valence-electron chi connectivity index (χ1n) is 13.1. The van der Waals surface area contributed by atoms with Crippen molar-refractivity contribution in [2.24, 2.45) is 34.6 Å². The standard InChI is InChI=1S/C28H49N3O6.ClH/c1-18(2)21(14-20-9-10-24(36-7)25(15-20)37-12-8-11-35-6)16-22(29)23(32)13-19(3)26(33)31-17-28(4,5)27(30)34;/h9-10,15,18-19,21-23,32H,8,11-14,16-17,29H2,1-7H3,(H2,30,34)(H,31,33);1H/t19-,21+,22+,23+;/m1./s1. The predicted octanol–water partition coefficient (Wildman–Crippen LogP) is 3.08. The Labute approximate surface area is 234 Å². The van der Waals surface area contributed by atoms with Crippen molar-refractivity contribution in [1.82, 2.24) is 5.32 Å². The first kappa shape index (κ1) is 35.9. The zero-order valence-electron chi connectivity index (χ0n) is 24.1. The number of nitrogens with one attached hydrogen (secondary N) is 1. The van der Waals surface area contributed by atoms with Crippen molar-refractivity contribution in [1.29, 1.82) is 0 Å². The van der Waals surface area contributed by atoms with Crippen LogP contribution in [0.25, 0.3) is 0 Å². The summed E-state index contributed by atoms with van der Waals surface area (Å²) in [7, 11) is 3.28. The summed E-state index contributed by atoms with van der Waals surface area (Å²) in [4.78, 5) is 24.0. The highest BCUT2D eigenvalue weighted by molar-refractivity contribution is 5.85. The van der Waals surface area contributed by atoms with Crippen molar-refractivity contribution in [3.8, 4) is 11.5 Å². The second-order valence-corrected chi connectivity index (χ2v) is 11.0. The van der Waals surface area contributed by atoms with E-state index in [1.54, 1.807) is 35.0 Å². The van der Waals surface area contributed by atoms with Crippen LogP contribution >= 0.6 is 12.4 Å². The molecule has 10 heteroatoms. The third kappa shape index (κ3) is 12.2. The Hall–Kier alpha value is -2.07. The summed E-state index contributed by atoms with van der Waals surface area (Å²) >= 11 is 0. The van der Waals surface area contributed by atoms with Crippen LogP contribution in [0, 0.1) is 23.2 Å². The van der Waals surface area contributed by atoms with Gasteiger partial charge in [-0.05, 0) is 62.6 Å². The van der Waals surface area contributed by atoms with E-state index in [0.29, 0.717) is 37.1 Å². The van der Waals surface area contributed by atoms with Crippen LogP contribution in [-0.4, -0.2) is 63.0 Å². The van der Waals surface area contributed by atoms with Gasteiger partial charge in [-0.1, -0.05) is 26.8 Å². The van der Waals surface area contributed by atoms with Gasteiger partial charge < -0.3 is 36.1 Å². The van der Waals surface area contributed by atoms with Gasteiger partial charge in [0.25, 0.3) is 0 Å². The number of amides is 2. The SMILES string of the molecule is COCCCOc1cc(C[C@@H](C[C@H](N)[C@@H](O)C[C@@H](C)C(=O)NCC(C)(C)C(N)=O)C(C)C)ccc1OC.Cl. The zero-order chi connectivity index (χ0) is 28.2. The summed E-state index contributed by atoms with van der Waals surface area (Å²) in [6.07, 6.45) is 1.57. The van der Waals surface area contributed by atoms with Crippen molar-refractivity contribution >= 4 is 24.2 Å². The quantitative estimate of drug-likeness (QED) is 0.202.